The Balaban J connectivity index is 2.91. The molecule has 7 heteroatoms. The van der Waals surface area contributed by atoms with Crippen molar-refractivity contribution in [2.75, 3.05) is 18.0 Å². The predicted molar refractivity (Wildman–Crippen MR) is 75.2 cm³/mol. The number of nitrogens with zero attached hydrogens (tertiary/aromatic N) is 2. The molecule has 0 aromatic carbocycles. The molecule has 20 heavy (non-hydrogen) atoms. The summed E-state index contributed by atoms with van der Waals surface area (Å²) in [4.78, 5) is 5.41. The van der Waals surface area contributed by atoms with E-state index in [-0.39, 0.29) is 18.4 Å². The molecule has 0 bridgehead atoms. The SMILES string of the molecule is CCN(CC(F)(F)F)c1ccc(Cl)c(CNC(C)C)n1. The molecule has 0 fully saturated rings. The fraction of sp³-hybridized carbons (Fsp3) is 0.615. The molecule has 0 spiro atoms. The molecule has 1 heterocycles. The highest BCUT2D eigenvalue weighted by molar-refractivity contribution is 6.31. The lowest BCUT2D eigenvalue weighted by Crippen LogP contribution is -2.35. The van der Waals surface area contributed by atoms with Gasteiger partial charge >= 0.3 is 6.18 Å². The van der Waals surface area contributed by atoms with Crippen LogP contribution in [-0.4, -0.2) is 30.3 Å². The third-order valence-corrected chi connectivity index (χ3v) is 3.00. The molecule has 0 saturated carbocycles. The molecule has 0 amide bonds. The second-order valence-electron chi connectivity index (χ2n) is 4.76. The molecule has 1 N–H and O–H groups in total. The van der Waals surface area contributed by atoms with Crippen molar-refractivity contribution < 1.29 is 13.2 Å². The van der Waals surface area contributed by atoms with Crippen molar-refractivity contribution in [1.29, 1.82) is 0 Å². The van der Waals surface area contributed by atoms with E-state index in [4.69, 9.17) is 11.6 Å². The summed E-state index contributed by atoms with van der Waals surface area (Å²) in [6.45, 7) is 5.24. The van der Waals surface area contributed by atoms with E-state index in [2.05, 4.69) is 10.3 Å². The smallest absolute Gasteiger partial charge is 0.348 e. The van der Waals surface area contributed by atoms with Crippen molar-refractivity contribution in [2.24, 2.45) is 0 Å². The summed E-state index contributed by atoms with van der Waals surface area (Å²) in [5, 5.41) is 3.60. The number of anilines is 1. The van der Waals surface area contributed by atoms with Crippen LogP contribution in [0.15, 0.2) is 12.1 Å². The molecule has 1 aromatic rings. The van der Waals surface area contributed by atoms with Gasteiger partial charge in [0, 0.05) is 19.1 Å². The first-order chi connectivity index (χ1) is 9.23. The molecule has 0 aliphatic carbocycles. The summed E-state index contributed by atoms with van der Waals surface area (Å²) in [7, 11) is 0. The molecule has 0 atom stereocenters. The first kappa shape index (κ1) is 17.0. The maximum absolute atomic E-state index is 12.5. The average molecular weight is 310 g/mol. The van der Waals surface area contributed by atoms with Crippen LogP contribution < -0.4 is 10.2 Å². The van der Waals surface area contributed by atoms with Crippen LogP contribution in [0.25, 0.3) is 0 Å². The van der Waals surface area contributed by atoms with Gasteiger partial charge in [0.1, 0.15) is 12.4 Å². The van der Waals surface area contributed by atoms with Crippen molar-refractivity contribution in [3.05, 3.63) is 22.8 Å². The van der Waals surface area contributed by atoms with E-state index in [1.165, 1.54) is 11.0 Å². The Morgan fingerprint density at radius 1 is 1.35 bits per heavy atom. The maximum Gasteiger partial charge on any atom is 0.405 e. The van der Waals surface area contributed by atoms with Crippen LogP contribution in [0, 0.1) is 0 Å². The predicted octanol–water partition coefficient (Wildman–Crippen LogP) is 3.62. The maximum atomic E-state index is 12.5. The average Bonchev–Trinajstić information content (AvgIpc) is 2.34. The number of rotatable bonds is 6. The van der Waals surface area contributed by atoms with Gasteiger partial charge in [0.05, 0.1) is 10.7 Å². The Kier molecular flexibility index (Phi) is 6.07. The summed E-state index contributed by atoms with van der Waals surface area (Å²) in [5.74, 6) is 0.287. The van der Waals surface area contributed by atoms with Gasteiger partial charge in [0.2, 0.25) is 0 Å². The van der Waals surface area contributed by atoms with Crippen LogP contribution in [0.4, 0.5) is 19.0 Å². The minimum absolute atomic E-state index is 0.227. The highest BCUT2D eigenvalue weighted by Crippen LogP contribution is 2.23. The van der Waals surface area contributed by atoms with Crippen LogP contribution >= 0.6 is 11.6 Å². The second kappa shape index (κ2) is 7.13. The summed E-state index contributed by atoms with van der Waals surface area (Å²) in [6, 6.07) is 3.34. The zero-order chi connectivity index (χ0) is 15.3. The number of hydrogen-bond acceptors (Lipinski definition) is 3. The standard InChI is InChI=1S/C13H19ClF3N3/c1-4-20(8-13(15,16)17)12-6-5-10(14)11(19-12)7-18-9(2)3/h5-6,9,18H,4,7-8H2,1-3H3. The van der Waals surface area contributed by atoms with Crippen LogP contribution in [0.5, 0.6) is 0 Å². The quantitative estimate of drug-likeness (QED) is 0.870. The van der Waals surface area contributed by atoms with Gasteiger partial charge in [0.25, 0.3) is 0 Å². The van der Waals surface area contributed by atoms with Gasteiger partial charge in [-0.2, -0.15) is 13.2 Å². The van der Waals surface area contributed by atoms with Crippen molar-refractivity contribution in [2.45, 2.75) is 39.5 Å². The fourth-order valence-electron chi connectivity index (χ4n) is 1.64. The van der Waals surface area contributed by atoms with E-state index in [9.17, 15) is 13.2 Å². The monoisotopic (exact) mass is 309 g/mol. The summed E-state index contributed by atoms with van der Waals surface area (Å²) in [5.41, 5.74) is 0.554. The Hall–Kier alpha value is -1.01. The Bertz CT molecular complexity index is 435. The third kappa shape index (κ3) is 5.54. The zero-order valence-corrected chi connectivity index (χ0v) is 12.5. The molecule has 0 radical (unpaired) electrons. The minimum Gasteiger partial charge on any atom is -0.348 e. The Labute approximate surface area is 122 Å². The largest absolute Gasteiger partial charge is 0.405 e. The van der Waals surface area contributed by atoms with Crippen LogP contribution in [-0.2, 0) is 6.54 Å². The highest BCUT2D eigenvalue weighted by Gasteiger charge is 2.30. The van der Waals surface area contributed by atoms with E-state index in [1.54, 1.807) is 13.0 Å². The number of nitrogens with one attached hydrogen (secondary N) is 1. The van der Waals surface area contributed by atoms with Gasteiger partial charge in [-0.05, 0) is 19.1 Å². The van der Waals surface area contributed by atoms with Gasteiger partial charge in [-0.25, -0.2) is 4.98 Å². The molecule has 0 unspecified atom stereocenters. The topological polar surface area (TPSA) is 28.2 Å². The normalized spacial score (nSPS) is 12.0. The van der Waals surface area contributed by atoms with Crippen LogP contribution in [0.2, 0.25) is 5.02 Å². The molecule has 1 aromatic heterocycles. The van der Waals surface area contributed by atoms with E-state index < -0.39 is 12.7 Å². The van der Waals surface area contributed by atoms with Gasteiger partial charge in [-0.1, -0.05) is 25.4 Å². The molecule has 3 nitrogen and oxygen atoms in total. The number of hydrogen-bond donors (Lipinski definition) is 1. The molecule has 0 aliphatic rings. The lowest BCUT2D eigenvalue weighted by molar-refractivity contribution is -0.119. The molecule has 1 rings (SSSR count). The first-order valence-electron chi connectivity index (χ1n) is 6.43. The lowest BCUT2D eigenvalue weighted by Gasteiger charge is -2.24. The number of aromatic nitrogens is 1. The highest BCUT2D eigenvalue weighted by atomic mass is 35.5. The second-order valence-corrected chi connectivity index (χ2v) is 5.17. The number of halogens is 4. The Morgan fingerprint density at radius 3 is 2.50 bits per heavy atom. The van der Waals surface area contributed by atoms with Gasteiger partial charge in [-0.3, -0.25) is 0 Å². The molecular formula is C13H19ClF3N3. The van der Waals surface area contributed by atoms with Gasteiger partial charge in [0.15, 0.2) is 0 Å². The summed E-state index contributed by atoms with van der Waals surface area (Å²) >= 11 is 6.02. The van der Waals surface area contributed by atoms with Crippen molar-refractivity contribution >= 4 is 17.4 Å². The minimum atomic E-state index is -4.26. The van der Waals surface area contributed by atoms with E-state index in [1.807, 2.05) is 13.8 Å². The van der Waals surface area contributed by atoms with Crippen molar-refractivity contribution in [3.8, 4) is 0 Å². The number of alkyl halides is 3. The van der Waals surface area contributed by atoms with E-state index in [0.29, 0.717) is 17.3 Å². The summed E-state index contributed by atoms with van der Waals surface area (Å²) in [6.07, 6.45) is -4.26. The Morgan fingerprint density at radius 2 is 2.00 bits per heavy atom. The molecule has 0 saturated heterocycles. The van der Waals surface area contributed by atoms with E-state index >= 15 is 0 Å². The lowest BCUT2D eigenvalue weighted by atomic mass is 10.3. The van der Waals surface area contributed by atoms with Crippen LogP contribution in [0.3, 0.4) is 0 Å². The van der Waals surface area contributed by atoms with Crippen LogP contribution in [0.1, 0.15) is 26.5 Å². The first-order valence-corrected chi connectivity index (χ1v) is 6.81. The zero-order valence-electron chi connectivity index (χ0n) is 11.8. The fourth-order valence-corrected chi connectivity index (χ4v) is 1.82. The van der Waals surface area contributed by atoms with Gasteiger partial charge in [-0.15, -0.1) is 0 Å². The van der Waals surface area contributed by atoms with Crippen molar-refractivity contribution in [3.63, 3.8) is 0 Å². The molecular weight excluding hydrogens is 291 g/mol. The van der Waals surface area contributed by atoms with Gasteiger partial charge < -0.3 is 10.2 Å². The number of pyridine rings is 1. The summed E-state index contributed by atoms with van der Waals surface area (Å²) < 4.78 is 37.5. The van der Waals surface area contributed by atoms with E-state index in [0.717, 1.165) is 0 Å². The molecule has 0 aliphatic heterocycles. The van der Waals surface area contributed by atoms with Crippen molar-refractivity contribution in [1.82, 2.24) is 10.3 Å². The third-order valence-electron chi connectivity index (χ3n) is 2.66. The molecule has 114 valence electrons.